The zero-order valence-electron chi connectivity index (χ0n) is 15.3. The van der Waals surface area contributed by atoms with Gasteiger partial charge in [0, 0.05) is 5.02 Å². The first-order valence-corrected chi connectivity index (χ1v) is 8.54. The molecule has 0 saturated heterocycles. The van der Waals surface area contributed by atoms with Crippen molar-refractivity contribution in [2.75, 3.05) is 37.9 Å². The summed E-state index contributed by atoms with van der Waals surface area (Å²) in [4.78, 5) is 25.8. The Morgan fingerprint density at radius 2 is 1.70 bits per heavy atom. The second-order valence-corrected chi connectivity index (χ2v) is 6.53. The molecule has 2 aromatic rings. The van der Waals surface area contributed by atoms with E-state index < -0.39 is 11.7 Å². The fraction of sp³-hybridized carbons (Fsp3) is 0.263. The number of hydrogen-bond acceptors (Lipinski definition) is 4. The molecule has 0 aliphatic carbocycles. The van der Waals surface area contributed by atoms with Crippen LogP contribution in [-0.2, 0) is 9.59 Å². The molecule has 0 spiro atoms. The number of aryl methyl sites for hydroxylation is 1. The number of nitrogens with zero attached hydrogens (tertiary/aromatic N) is 1. The number of rotatable bonds is 7. The van der Waals surface area contributed by atoms with Crippen LogP contribution in [0.15, 0.2) is 36.4 Å². The number of nitrogens with one attached hydrogen (secondary N) is 2. The van der Waals surface area contributed by atoms with Crippen molar-refractivity contribution in [3.05, 3.63) is 52.8 Å². The first-order chi connectivity index (χ1) is 12.8. The maximum Gasteiger partial charge on any atom is 0.238 e. The van der Waals surface area contributed by atoms with E-state index in [0.29, 0.717) is 16.5 Å². The zero-order chi connectivity index (χ0) is 20.0. The van der Waals surface area contributed by atoms with Gasteiger partial charge in [-0.15, -0.1) is 0 Å². The highest BCUT2D eigenvalue weighted by molar-refractivity contribution is 6.31. The van der Waals surface area contributed by atoms with Crippen molar-refractivity contribution in [2.45, 2.75) is 6.92 Å². The summed E-state index contributed by atoms with van der Waals surface area (Å²) in [7, 11) is 3.10. The van der Waals surface area contributed by atoms with Crippen molar-refractivity contribution in [1.29, 1.82) is 0 Å². The summed E-state index contributed by atoms with van der Waals surface area (Å²) in [5.74, 6) is -0.791. The largest absolute Gasteiger partial charge is 0.495 e. The molecule has 0 unspecified atom stereocenters. The number of ether oxygens (including phenoxy) is 1. The standard InChI is InChI=1S/C19H21ClFN3O3/c1-12-4-6-15(14(21)8-12)22-18(25)10-24(2)11-19(26)23-16-9-13(20)5-7-17(16)27-3/h4-9H,10-11H2,1-3H3,(H,22,25)(H,23,26). The summed E-state index contributed by atoms with van der Waals surface area (Å²) in [6, 6.07) is 9.41. The lowest BCUT2D eigenvalue weighted by atomic mass is 10.2. The summed E-state index contributed by atoms with van der Waals surface area (Å²) >= 11 is 5.93. The molecule has 6 nitrogen and oxygen atoms in total. The van der Waals surface area contributed by atoms with Crippen LogP contribution >= 0.6 is 11.6 Å². The SMILES string of the molecule is COc1ccc(Cl)cc1NC(=O)CN(C)CC(=O)Nc1ccc(C)cc1F. The van der Waals surface area contributed by atoms with E-state index in [2.05, 4.69) is 10.6 Å². The Morgan fingerprint density at radius 1 is 1.07 bits per heavy atom. The molecule has 0 aliphatic rings. The highest BCUT2D eigenvalue weighted by atomic mass is 35.5. The molecule has 0 saturated carbocycles. The minimum Gasteiger partial charge on any atom is -0.495 e. The summed E-state index contributed by atoms with van der Waals surface area (Å²) in [6.07, 6.45) is 0. The van der Waals surface area contributed by atoms with Gasteiger partial charge in [0.1, 0.15) is 11.6 Å². The number of methoxy groups -OCH3 is 1. The third-order valence-corrected chi connectivity index (χ3v) is 3.90. The van der Waals surface area contributed by atoms with Crippen molar-refractivity contribution in [3.63, 3.8) is 0 Å². The van der Waals surface area contributed by atoms with Crippen LogP contribution in [-0.4, -0.2) is 44.0 Å². The average Bonchev–Trinajstić information content (AvgIpc) is 2.57. The van der Waals surface area contributed by atoms with E-state index in [0.717, 1.165) is 5.56 Å². The predicted octanol–water partition coefficient (Wildman–Crippen LogP) is 3.31. The number of anilines is 2. The highest BCUT2D eigenvalue weighted by Crippen LogP contribution is 2.27. The molecular formula is C19H21ClFN3O3. The first-order valence-electron chi connectivity index (χ1n) is 8.16. The van der Waals surface area contributed by atoms with Crippen molar-refractivity contribution in [2.24, 2.45) is 0 Å². The van der Waals surface area contributed by atoms with Crippen LogP contribution < -0.4 is 15.4 Å². The van der Waals surface area contributed by atoms with Gasteiger partial charge in [0.15, 0.2) is 0 Å². The molecule has 8 heteroatoms. The summed E-state index contributed by atoms with van der Waals surface area (Å²) in [5, 5.41) is 5.64. The Labute approximate surface area is 162 Å². The fourth-order valence-corrected chi connectivity index (χ4v) is 2.60. The molecule has 2 amide bonds. The highest BCUT2D eigenvalue weighted by Gasteiger charge is 2.14. The maximum atomic E-state index is 13.8. The van der Waals surface area contributed by atoms with Gasteiger partial charge in [-0.05, 0) is 49.9 Å². The molecule has 27 heavy (non-hydrogen) atoms. The third kappa shape index (κ3) is 6.23. The van der Waals surface area contributed by atoms with Crippen LogP contribution in [0.25, 0.3) is 0 Å². The van der Waals surface area contributed by atoms with E-state index in [9.17, 15) is 14.0 Å². The topological polar surface area (TPSA) is 70.7 Å². The van der Waals surface area contributed by atoms with Gasteiger partial charge >= 0.3 is 0 Å². The van der Waals surface area contributed by atoms with E-state index in [1.165, 1.54) is 24.1 Å². The molecular weight excluding hydrogens is 373 g/mol. The lowest BCUT2D eigenvalue weighted by Gasteiger charge is -2.17. The van der Waals surface area contributed by atoms with Crippen LogP contribution in [0.2, 0.25) is 5.02 Å². The van der Waals surface area contributed by atoms with Gasteiger partial charge in [0.25, 0.3) is 0 Å². The zero-order valence-corrected chi connectivity index (χ0v) is 16.1. The molecule has 0 heterocycles. The van der Waals surface area contributed by atoms with E-state index in [4.69, 9.17) is 16.3 Å². The fourth-order valence-electron chi connectivity index (χ4n) is 2.43. The number of hydrogen-bond donors (Lipinski definition) is 2. The van der Waals surface area contributed by atoms with Gasteiger partial charge in [0.05, 0.1) is 31.6 Å². The molecule has 2 N–H and O–H groups in total. The second-order valence-electron chi connectivity index (χ2n) is 6.10. The summed E-state index contributed by atoms with van der Waals surface area (Å²) < 4.78 is 19.0. The number of halogens is 2. The summed E-state index contributed by atoms with van der Waals surface area (Å²) in [6.45, 7) is 1.64. The van der Waals surface area contributed by atoms with Crippen molar-refractivity contribution < 1.29 is 18.7 Å². The quantitative estimate of drug-likeness (QED) is 0.757. The van der Waals surface area contributed by atoms with Gasteiger partial charge in [-0.2, -0.15) is 0 Å². The molecule has 0 atom stereocenters. The Hall–Kier alpha value is -2.64. The average molecular weight is 394 g/mol. The number of benzene rings is 2. The minimum absolute atomic E-state index is 0.0422. The number of carbonyl (C=O) groups excluding carboxylic acids is 2. The number of amides is 2. The normalized spacial score (nSPS) is 10.6. The Balaban J connectivity index is 1.89. The Morgan fingerprint density at radius 3 is 2.30 bits per heavy atom. The Kier molecular flexibility index (Phi) is 7.15. The first kappa shape index (κ1) is 20.7. The lowest BCUT2D eigenvalue weighted by Crippen LogP contribution is -2.36. The molecule has 2 aromatic carbocycles. The molecule has 0 radical (unpaired) electrons. The van der Waals surface area contributed by atoms with Gasteiger partial charge in [0.2, 0.25) is 11.8 Å². The molecule has 0 fully saturated rings. The van der Waals surface area contributed by atoms with Crippen LogP contribution in [0.1, 0.15) is 5.56 Å². The van der Waals surface area contributed by atoms with Crippen LogP contribution in [0.5, 0.6) is 5.75 Å². The maximum absolute atomic E-state index is 13.8. The van der Waals surface area contributed by atoms with Crippen molar-refractivity contribution in [1.82, 2.24) is 4.90 Å². The summed E-state index contributed by atoms with van der Waals surface area (Å²) in [5.41, 5.74) is 1.30. The lowest BCUT2D eigenvalue weighted by molar-refractivity contribution is -0.119. The van der Waals surface area contributed by atoms with Gasteiger partial charge in [-0.3, -0.25) is 14.5 Å². The van der Waals surface area contributed by atoms with Gasteiger partial charge in [-0.1, -0.05) is 17.7 Å². The minimum atomic E-state index is -0.503. The van der Waals surface area contributed by atoms with E-state index in [-0.39, 0.29) is 24.7 Å². The molecule has 2 rings (SSSR count). The van der Waals surface area contributed by atoms with Gasteiger partial charge in [-0.25, -0.2) is 4.39 Å². The number of carbonyl (C=O) groups is 2. The second kappa shape index (κ2) is 9.34. The third-order valence-electron chi connectivity index (χ3n) is 3.66. The molecule has 144 valence electrons. The van der Waals surface area contributed by atoms with E-state index >= 15 is 0 Å². The van der Waals surface area contributed by atoms with Crippen LogP contribution in [0.3, 0.4) is 0 Å². The number of likely N-dealkylation sites (N-methyl/N-ethyl adjacent to an activating group) is 1. The molecule has 0 bridgehead atoms. The van der Waals surface area contributed by atoms with Crippen LogP contribution in [0.4, 0.5) is 15.8 Å². The molecule has 0 aromatic heterocycles. The van der Waals surface area contributed by atoms with Crippen molar-refractivity contribution in [3.8, 4) is 5.75 Å². The monoisotopic (exact) mass is 393 g/mol. The van der Waals surface area contributed by atoms with Gasteiger partial charge < -0.3 is 15.4 Å². The van der Waals surface area contributed by atoms with Crippen molar-refractivity contribution >= 4 is 34.8 Å². The smallest absolute Gasteiger partial charge is 0.238 e. The predicted molar refractivity (Wildman–Crippen MR) is 104 cm³/mol. The van der Waals surface area contributed by atoms with Crippen LogP contribution in [0, 0.1) is 12.7 Å². The van der Waals surface area contributed by atoms with E-state index in [1.807, 2.05) is 0 Å². The van der Waals surface area contributed by atoms with E-state index in [1.54, 1.807) is 38.2 Å². The molecule has 0 aliphatic heterocycles. The Bertz CT molecular complexity index is 845.